The molecule has 1 aliphatic rings. The summed E-state index contributed by atoms with van der Waals surface area (Å²) < 4.78 is 0. The van der Waals surface area contributed by atoms with Crippen LogP contribution < -0.4 is 5.32 Å². The molecule has 0 spiro atoms. The highest BCUT2D eigenvalue weighted by Crippen LogP contribution is 2.16. The molecule has 0 aliphatic carbocycles. The van der Waals surface area contributed by atoms with E-state index in [0.717, 1.165) is 32.4 Å². The molecule has 23 heavy (non-hydrogen) atoms. The molecule has 2 unspecified atom stereocenters. The Morgan fingerprint density at radius 2 is 2.13 bits per heavy atom. The van der Waals surface area contributed by atoms with Gasteiger partial charge in [-0.25, -0.2) is 4.79 Å². The van der Waals surface area contributed by atoms with Crippen molar-refractivity contribution in [1.29, 1.82) is 0 Å². The summed E-state index contributed by atoms with van der Waals surface area (Å²) in [5, 5.41) is 12.5. The number of nitrogens with one attached hydrogen (secondary N) is 1. The van der Waals surface area contributed by atoms with Gasteiger partial charge in [-0.15, -0.1) is 0 Å². The number of hydrogen-bond donors (Lipinski definition) is 2. The highest BCUT2D eigenvalue weighted by Gasteiger charge is 2.25. The van der Waals surface area contributed by atoms with Crippen molar-refractivity contribution >= 4 is 6.03 Å². The number of carbonyl (C=O) groups is 1. The lowest BCUT2D eigenvalue weighted by atomic mass is 9.99. The van der Waals surface area contributed by atoms with Crippen molar-refractivity contribution in [1.82, 2.24) is 15.1 Å². The van der Waals surface area contributed by atoms with E-state index in [2.05, 4.69) is 22.3 Å². The number of amides is 2. The lowest BCUT2D eigenvalue weighted by Crippen LogP contribution is -2.51. The second-order valence-corrected chi connectivity index (χ2v) is 6.74. The van der Waals surface area contributed by atoms with Crippen LogP contribution in [-0.4, -0.2) is 67.3 Å². The van der Waals surface area contributed by atoms with Crippen molar-refractivity contribution in [3.63, 3.8) is 0 Å². The Morgan fingerprint density at radius 3 is 2.78 bits per heavy atom. The Bertz CT molecular complexity index is 478. The molecule has 2 atom stereocenters. The van der Waals surface area contributed by atoms with E-state index in [1.54, 1.807) is 0 Å². The molecule has 1 fully saturated rings. The number of nitrogens with zero attached hydrogens (tertiary/aromatic N) is 2. The van der Waals surface area contributed by atoms with Gasteiger partial charge in [-0.05, 0) is 44.8 Å². The summed E-state index contributed by atoms with van der Waals surface area (Å²) in [5.41, 5.74) is 1.23. The van der Waals surface area contributed by atoms with E-state index >= 15 is 0 Å². The summed E-state index contributed by atoms with van der Waals surface area (Å²) in [4.78, 5) is 16.5. The second kappa shape index (κ2) is 8.89. The number of aliphatic hydroxyl groups is 1. The van der Waals surface area contributed by atoms with Crippen LogP contribution in [0, 0.1) is 5.92 Å². The van der Waals surface area contributed by atoms with Crippen LogP contribution in [0.5, 0.6) is 0 Å². The molecule has 1 aromatic rings. The van der Waals surface area contributed by atoms with Gasteiger partial charge in [-0.3, -0.25) is 0 Å². The third-order valence-corrected chi connectivity index (χ3v) is 4.30. The van der Waals surface area contributed by atoms with Crippen LogP contribution >= 0.6 is 0 Å². The van der Waals surface area contributed by atoms with Crippen LogP contribution in [-0.2, 0) is 6.42 Å². The number of aliphatic hydroxyl groups excluding tert-OH is 1. The molecule has 2 N–H and O–H groups in total. The molecular weight excluding hydrogens is 290 g/mol. The maximum Gasteiger partial charge on any atom is 0.317 e. The Balaban J connectivity index is 1.95. The van der Waals surface area contributed by atoms with Crippen LogP contribution in [0.15, 0.2) is 30.3 Å². The Hall–Kier alpha value is -1.59. The SMILES string of the molecule is CN(C)CC(Cc1ccccc1)NC(=O)N1CCCC(CO)C1. The molecule has 128 valence electrons. The lowest BCUT2D eigenvalue weighted by molar-refractivity contribution is 0.127. The number of urea groups is 1. The van der Waals surface area contributed by atoms with Gasteiger partial charge in [0.15, 0.2) is 0 Å². The van der Waals surface area contributed by atoms with E-state index < -0.39 is 0 Å². The third kappa shape index (κ3) is 5.84. The minimum atomic E-state index is -0.00840. The molecule has 5 nitrogen and oxygen atoms in total. The summed E-state index contributed by atoms with van der Waals surface area (Å²) in [6.45, 7) is 2.40. The molecule has 0 bridgehead atoms. The number of rotatable bonds is 6. The van der Waals surface area contributed by atoms with Gasteiger partial charge in [-0.2, -0.15) is 0 Å². The minimum absolute atomic E-state index is 0.00840. The normalized spacial score (nSPS) is 19.7. The van der Waals surface area contributed by atoms with Gasteiger partial charge in [0.1, 0.15) is 0 Å². The average molecular weight is 319 g/mol. The molecule has 1 aliphatic heterocycles. The lowest BCUT2D eigenvalue weighted by Gasteiger charge is -2.33. The Morgan fingerprint density at radius 1 is 1.39 bits per heavy atom. The zero-order valence-electron chi connectivity index (χ0n) is 14.2. The summed E-state index contributed by atoms with van der Waals surface area (Å²) in [6.07, 6.45) is 2.79. The molecule has 5 heteroatoms. The molecule has 2 amide bonds. The van der Waals surface area contributed by atoms with Gasteiger partial charge in [0.05, 0.1) is 0 Å². The third-order valence-electron chi connectivity index (χ3n) is 4.30. The topological polar surface area (TPSA) is 55.8 Å². The summed E-state index contributed by atoms with van der Waals surface area (Å²) >= 11 is 0. The Kier molecular flexibility index (Phi) is 6.86. The van der Waals surface area contributed by atoms with Crippen molar-refractivity contribution in [3.8, 4) is 0 Å². The highest BCUT2D eigenvalue weighted by atomic mass is 16.3. The molecule has 0 radical (unpaired) electrons. The first-order valence-electron chi connectivity index (χ1n) is 8.43. The van der Waals surface area contributed by atoms with Gasteiger partial charge in [0.2, 0.25) is 0 Å². The number of carbonyl (C=O) groups excluding carboxylic acids is 1. The van der Waals surface area contributed by atoms with Gasteiger partial charge >= 0.3 is 6.03 Å². The number of piperidine rings is 1. The zero-order valence-corrected chi connectivity index (χ0v) is 14.2. The predicted molar refractivity (Wildman–Crippen MR) is 92.4 cm³/mol. The van der Waals surface area contributed by atoms with Gasteiger partial charge in [0, 0.05) is 32.3 Å². The van der Waals surface area contributed by atoms with Crippen molar-refractivity contribution in [2.75, 3.05) is 40.3 Å². The Labute approximate surface area is 139 Å². The van der Waals surface area contributed by atoms with E-state index in [1.165, 1.54) is 5.56 Å². The van der Waals surface area contributed by atoms with E-state index in [0.29, 0.717) is 6.54 Å². The molecule has 1 saturated heterocycles. The minimum Gasteiger partial charge on any atom is -0.396 e. The molecule has 1 aromatic carbocycles. The van der Waals surface area contributed by atoms with Gasteiger partial charge < -0.3 is 20.2 Å². The first-order valence-corrected chi connectivity index (χ1v) is 8.43. The van der Waals surface area contributed by atoms with Crippen molar-refractivity contribution in [2.45, 2.75) is 25.3 Å². The number of likely N-dealkylation sites (N-methyl/N-ethyl adjacent to an activating group) is 1. The fraction of sp³-hybridized carbons (Fsp3) is 0.611. The molecule has 0 aromatic heterocycles. The van der Waals surface area contributed by atoms with Crippen LogP contribution in [0.3, 0.4) is 0 Å². The monoisotopic (exact) mass is 319 g/mol. The fourth-order valence-corrected chi connectivity index (χ4v) is 3.17. The number of hydrogen-bond acceptors (Lipinski definition) is 3. The quantitative estimate of drug-likeness (QED) is 0.837. The van der Waals surface area contributed by atoms with E-state index in [4.69, 9.17) is 0 Å². The van der Waals surface area contributed by atoms with Gasteiger partial charge in [0.25, 0.3) is 0 Å². The average Bonchev–Trinajstić information content (AvgIpc) is 2.55. The standard InChI is InChI=1S/C18H29N3O2/c1-20(2)13-17(11-15-7-4-3-5-8-15)19-18(23)21-10-6-9-16(12-21)14-22/h3-5,7-8,16-17,22H,6,9-14H2,1-2H3,(H,19,23). The molecule has 1 heterocycles. The molecular formula is C18H29N3O2. The van der Waals surface area contributed by atoms with E-state index in [-0.39, 0.29) is 24.6 Å². The predicted octanol–water partition coefficient (Wildman–Crippen LogP) is 1.57. The maximum atomic E-state index is 12.6. The van der Waals surface area contributed by atoms with Crippen molar-refractivity contribution in [3.05, 3.63) is 35.9 Å². The van der Waals surface area contributed by atoms with Crippen molar-refractivity contribution < 1.29 is 9.90 Å². The fourth-order valence-electron chi connectivity index (χ4n) is 3.17. The maximum absolute atomic E-state index is 12.6. The largest absolute Gasteiger partial charge is 0.396 e. The summed E-state index contributed by atoms with van der Waals surface area (Å²) in [5.74, 6) is 0.218. The number of likely N-dealkylation sites (tertiary alicyclic amines) is 1. The van der Waals surface area contributed by atoms with E-state index in [9.17, 15) is 9.90 Å². The van der Waals surface area contributed by atoms with Crippen LogP contribution in [0.4, 0.5) is 4.79 Å². The smallest absolute Gasteiger partial charge is 0.317 e. The number of benzene rings is 1. The first kappa shape index (κ1) is 17.8. The summed E-state index contributed by atoms with van der Waals surface area (Å²) in [7, 11) is 4.04. The summed E-state index contributed by atoms with van der Waals surface area (Å²) in [6, 6.07) is 10.3. The van der Waals surface area contributed by atoms with Gasteiger partial charge in [-0.1, -0.05) is 30.3 Å². The highest BCUT2D eigenvalue weighted by molar-refractivity contribution is 5.74. The first-order chi connectivity index (χ1) is 11.1. The van der Waals surface area contributed by atoms with E-state index in [1.807, 2.05) is 37.2 Å². The van der Waals surface area contributed by atoms with Crippen LogP contribution in [0.2, 0.25) is 0 Å². The van der Waals surface area contributed by atoms with Crippen molar-refractivity contribution in [2.24, 2.45) is 5.92 Å². The zero-order chi connectivity index (χ0) is 16.7. The second-order valence-electron chi connectivity index (χ2n) is 6.74. The van der Waals surface area contributed by atoms with Crippen LogP contribution in [0.25, 0.3) is 0 Å². The molecule has 0 saturated carbocycles. The van der Waals surface area contributed by atoms with Crippen LogP contribution in [0.1, 0.15) is 18.4 Å². The molecule has 2 rings (SSSR count).